The Labute approximate surface area is 113 Å². The molecule has 0 radical (unpaired) electrons. The lowest BCUT2D eigenvalue weighted by molar-refractivity contribution is -0.117. The summed E-state index contributed by atoms with van der Waals surface area (Å²) in [6, 6.07) is 1.34. The van der Waals surface area contributed by atoms with E-state index in [1.807, 2.05) is 0 Å². The van der Waals surface area contributed by atoms with Gasteiger partial charge in [0.2, 0.25) is 5.91 Å². The van der Waals surface area contributed by atoms with E-state index in [0.717, 1.165) is 11.0 Å². The number of thiol groups is 1. The minimum atomic E-state index is -1.55. The van der Waals surface area contributed by atoms with Crippen molar-refractivity contribution in [2.45, 2.75) is 6.42 Å². The zero-order valence-electron chi connectivity index (χ0n) is 9.77. The number of hydrogen-bond acceptors (Lipinski definition) is 3. The van der Waals surface area contributed by atoms with Crippen LogP contribution in [0.2, 0.25) is 0 Å². The van der Waals surface area contributed by atoms with Gasteiger partial charge < -0.3 is 10.0 Å². The molecule has 0 aliphatic carbocycles. The van der Waals surface area contributed by atoms with Gasteiger partial charge in [-0.3, -0.25) is 4.79 Å². The molecule has 1 saturated heterocycles. The summed E-state index contributed by atoms with van der Waals surface area (Å²) in [5.74, 6) is -3.40. The maximum Gasteiger partial charge on any atom is 0.338 e. The molecular formula is C12H11F2NO3S. The quantitative estimate of drug-likeness (QED) is 0.835. The monoisotopic (exact) mass is 287 g/mol. The minimum Gasteiger partial charge on any atom is -0.478 e. The van der Waals surface area contributed by atoms with Crippen molar-refractivity contribution < 1.29 is 23.5 Å². The summed E-state index contributed by atoms with van der Waals surface area (Å²) in [5.41, 5.74) is -0.976. The van der Waals surface area contributed by atoms with Gasteiger partial charge in [-0.2, -0.15) is 12.6 Å². The Kier molecular flexibility index (Phi) is 3.75. The van der Waals surface area contributed by atoms with Gasteiger partial charge in [0.05, 0.1) is 11.3 Å². The molecule has 1 fully saturated rings. The highest BCUT2D eigenvalue weighted by molar-refractivity contribution is 7.80. The minimum absolute atomic E-state index is 0.0163. The Morgan fingerprint density at radius 3 is 2.63 bits per heavy atom. The van der Waals surface area contributed by atoms with Crippen molar-refractivity contribution in [1.82, 2.24) is 0 Å². The Hall–Kier alpha value is -1.63. The van der Waals surface area contributed by atoms with E-state index in [1.165, 1.54) is 0 Å². The number of carbonyl (C=O) groups excluding carboxylic acids is 1. The van der Waals surface area contributed by atoms with E-state index in [9.17, 15) is 18.4 Å². The maximum atomic E-state index is 13.8. The van der Waals surface area contributed by atoms with Crippen LogP contribution in [-0.2, 0) is 4.79 Å². The van der Waals surface area contributed by atoms with Crippen molar-refractivity contribution in [2.24, 2.45) is 5.92 Å². The maximum absolute atomic E-state index is 13.8. The number of benzene rings is 1. The van der Waals surface area contributed by atoms with Crippen molar-refractivity contribution in [3.05, 3.63) is 29.3 Å². The smallest absolute Gasteiger partial charge is 0.338 e. The summed E-state index contributed by atoms with van der Waals surface area (Å²) in [7, 11) is 0. The van der Waals surface area contributed by atoms with Crippen LogP contribution in [0.1, 0.15) is 16.8 Å². The van der Waals surface area contributed by atoms with E-state index < -0.39 is 23.2 Å². The van der Waals surface area contributed by atoms with E-state index in [4.69, 9.17) is 5.11 Å². The number of amides is 1. The van der Waals surface area contributed by atoms with Crippen molar-refractivity contribution in [3.63, 3.8) is 0 Å². The molecule has 19 heavy (non-hydrogen) atoms. The predicted molar refractivity (Wildman–Crippen MR) is 67.6 cm³/mol. The molecule has 0 saturated carbocycles. The van der Waals surface area contributed by atoms with Crippen molar-refractivity contribution in [3.8, 4) is 0 Å². The molecule has 1 amide bonds. The van der Waals surface area contributed by atoms with E-state index in [2.05, 4.69) is 12.6 Å². The second kappa shape index (κ2) is 5.16. The average Bonchev–Trinajstić information content (AvgIpc) is 2.72. The summed E-state index contributed by atoms with van der Waals surface area (Å²) in [6.45, 7) is 0.255. The lowest BCUT2D eigenvalue weighted by Gasteiger charge is -2.17. The highest BCUT2D eigenvalue weighted by Gasteiger charge is 2.32. The molecule has 0 spiro atoms. The fourth-order valence-corrected chi connectivity index (χ4v) is 2.29. The van der Waals surface area contributed by atoms with Crippen LogP contribution in [0.4, 0.5) is 14.5 Å². The van der Waals surface area contributed by atoms with Crippen molar-refractivity contribution in [2.75, 3.05) is 17.2 Å². The number of aromatic carboxylic acids is 1. The van der Waals surface area contributed by atoms with Crippen LogP contribution >= 0.6 is 12.6 Å². The first kappa shape index (κ1) is 13.8. The van der Waals surface area contributed by atoms with Gasteiger partial charge in [0, 0.05) is 19.0 Å². The molecule has 0 bridgehead atoms. The van der Waals surface area contributed by atoms with Gasteiger partial charge in [-0.1, -0.05) is 0 Å². The lowest BCUT2D eigenvalue weighted by atomic mass is 10.1. The number of carboxylic acids is 1. The number of halogens is 2. The van der Waals surface area contributed by atoms with Crippen molar-refractivity contribution in [1.29, 1.82) is 0 Å². The summed E-state index contributed by atoms with van der Waals surface area (Å²) >= 11 is 4.07. The third-order valence-electron chi connectivity index (χ3n) is 3.02. The SMILES string of the molecule is O=C(O)c1cc(F)c(N2CC(CS)CC2=O)cc1F. The Morgan fingerprint density at radius 1 is 1.42 bits per heavy atom. The van der Waals surface area contributed by atoms with Gasteiger partial charge in [-0.15, -0.1) is 0 Å². The highest BCUT2D eigenvalue weighted by atomic mass is 32.1. The van der Waals surface area contributed by atoms with E-state index in [1.54, 1.807) is 0 Å². The second-order valence-electron chi connectivity index (χ2n) is 4.35. The predicted octanol–water partition coefficient (Wildman–Crippen LogP) is 1.95. The first-order chi connectivity index (χ1) is 8.93. The molecule has 0 aromatic heterocycles. The summed E-state index contributed by atoms with van der Waals surface area (Å²) < 4.78 is 27.3. The first-order valence-corrected chi connectivity index (χ1v) is 6.20. The molecule has 1 aromatic rings. The number of rotatable bonds is 3. The second-order valence-corrected chi connectivity index (χ2v) is 4.71. The number of carboxylic acid groups (broad SMARTS) is 1. The average molecular weight is 287 g/mol. The Balaban J connectivity index is 2.39. The lowest BCUT2D eigenvalue weighted by Crippen LogP contribution is -2.26. The molecule has 1 aliphatic heterocycles. The molecule has 1 heterocycles. The molecule has 1 N–H and O–H groups in total. The Morgan fingerprint density at radius 2 is 2.11 bits per heavy atom. The number of carbonyl (C=O) groups is 2. The fraction of sp³-hybridized carbons (Fsp3) is 0.333. The largest absolute Gasteiger partial charge is 0.478 e. The van der Waals surface area contributed by atoms with Crippen LogP contribution in [0.15, 0.2) is 12.1 Å². The van der Waals surface area contributed by atoms with Crippen LogP contribution in [-0.4, -0.2) is 29.3 Å². The molecule has 7 heteroatoms. The van der Waals surface area contributed by atoms with Crippen LogP contribution in [0, 0.1) is 17.6 Å². The van der Waals surface area contributed by atoms with Gasteiger partial charge in [0.15, 0.2) is 0 Å². The molecule has 1 aliphatic rings. The number of anilines is 1. The normalized spacial score (nSPS) is 19.0. The standard InChI is InChI=1S/C12H11F2NO3S/c13-8-3-10(9(14)2-7(8)12(17)18)15-4-6(5-19)1-11(15)16/h2-3,6,19H,1,4-5H2,(H,17,18). The molecule has 1 aromatic carbocycles. The molecule has 1 unspecified atom stereocenters. The first-order valence-electron chi connectivity index (χ1n) is 5.57. The van der Waals surface area contributed by atoms with Crippen LogP contribution in [0.5, 0.6) is 0 Å². The summed E-state index contributed by atoms with van der Waals surface area (Å²) in [6.07, 6.45) is 0.227. The zero-order chi connectivity index (χ0) is 14.2. The molecule has 102 valence electrons. The zero-order valence-corrected chi connectivity index (χ0v) is 10.7. The van der Waals surface area contributed by atoms with Gasteiger partial charge in [-0.05, 0) is 17.7 Å². The fourth-order valence-electron chi connectivity index (χ4n) is 2.04. The molecular weight excluding hydrogens is 276 g/mol. The third-order valence-corrected chi connectivity index (χ3v) is 3.54. The van der Waals surface area contributed by atoms with E-state index in [-0.39, 0.29) is 30.5 Å². The number of nitrogens with zero attached hydrogens (tertiary/aromatic N) is 1. The number of hydrogen-bond donors (Lipinski definition) is 2. The van der Waals surface area contributed by atoms with Crippen LogP contribution in [0.3, 0.4) is 0 Å². The van der Waals surface area contributed by atoms with Crippen molar-refractivity contribution >= 4 is 30.2 Å². The molecule has 4 nitrogen and oxygen atoms in total. The third kappa shape index (κ3) is 2.56. The van der Waals surface area contributed by atoms with Gasteiger partial charge in [0.1, 0.15) is 11.6 Å². The van der Waals surface area contributed by atoms with E-state index in [0.29, 0.717) is 11.8 Å². The molecule has 2 rings (SSSR count). The van der Waals surface area contributed by atoms with Crippen LogP contribution < -0.4 is 4.90 Å². The van der Waals surface area contributed by atoms with E-state index >= 15 is 0 Å². The summed E-state index contributed by atoms with van der Waals surface area (Å²) in [5, 5.41) is 8.68. The van der Waals surface area contributed by atoms with Gasteiger partial charge >= 0.3 is 5.97 Å². The van der Waals surface area contributed by atoms with Gasteiger partial charge in [0.25, 0.3) is 0 Å². The topological polar surface area (TPSA) is 57.6 Å². The summed E-state index contributed by atoms with van der Waals surface area (Å²) in [4.78, 5) is 23.5. The highest BCUT2D eigenvalue weighted by Crippen LogP contribution is 2.29. The van der Waals surface area contributed by atoms with Gasteiger partial charge in [-0.25, -0.2) is 13.6 Å². The molecule has 1 atom stereocenters. The van der Waals surface area contributed by atoms with Crippen LogP contribution in [0.25, 0.3) is 0 Å². The Bertz CT molecular complexity index is 550.